The fraction of sp³-hybridized carbons (Fsp3) is 0.429. The number of fused-ring (bicyclic) bond motifs is 1. The van der Waals surface area contributed by atoms with E-state index in [1.165, 1.54) is 16.5 Å². The summed E-state index contributed by atoms with van der Waals surface area (Å²) < 4.78 is 5.26. The van der Waals surface area contributed by atoms with E-state index in [1.54, 1.807) is 7.11 Å². The van der Waals surface area contributed by atoms with Gasteiger partial charge < -0.3 is 15.0 Å². The molecule has 0 radical (unpaired) electrons. The van der Waals surface area contributed by atoms with Gasteiger partial charge in [-0.25, -0.2) is 0 Å². The van der Waals surface area contributed by atoms with Crippen LogP contribution in [0.3, 0.4) is 0 Å². The minimum absolute atomic E-state index is 0.921. The molecule has 0 aliphatic carbocycles. The molecule has 92 valence electrons. The Morgan fingerprint density at radius 3 is 3.00 bits per heavy atom. The molecule has 0 atom stereocenters. The lowest BCUT2D eigenvalue weighted by Gasteiger charge is -2.03. The van der Waals surface area contributed by atoms with E-state index in [2.05, 4.69) is 35.6 Å². The first-order valence-electron chi connectivity index (χ1n) is 6.20. The van der Waals surface area contributed by atoms with Gasteiger partial charge in [-0.2, -0.15) is 0 Å². The van der Waals surface area contributed by atoms with E-state index in [1.807, 2.05) is 6.07 Å². The third kappa shape index (κ3) is 2.80. The number of hydrogen-bond acceptors (Lipinski definition) is 2. The lowest BCUT2D eigenvalue weighted by molar-refractivity contribution is 0.415. The Hall–Kier alpha value is -1.48. The molecular weight excluding hydrogens is 212 g/mol. The second-order valence-electron chi connectivity index (χ2n) is 4.18. The predicted molar refractivity (Wildman–Crippen MR) is 71.7 cm³/mol. The standard InChI is InChI=1S/C14H20N2O/c1-3-15-8-4-5-11-10-16-14-7-6-12(17-2)9-13(11)14/h6-7,9-10,15-16H,3-5,8H2,1-2H3. The van der Waals surface area contributed by atoms with E-state index in [-0.39, 0.29) is 0 Å². The van der Waals surface area contributed by atoms with E-state index in [0.29, 0.717) is 0 Å². The van der Waals surface area contributed by atoms with Gasteiger partial charge in [-0.15, -0.1) is 0 Å². The summed E-state index contributed by atoms with van der Waals surface area (Å²) in [6.45, 7) is 4.26. The SMILES string of the molecule is CCNCCCc1c[nH]c2ccc(OC)cc12. The highest BCUT2D eigenvalue weighted by Crippen LogP contribution is 2.24. The minimum atomic E-state index is 0.921. The van der Waals surface area contributed by atoms with Crippen molar-refractivity contribution in [3.8, 4) is 5.75 Å². The summed E-state index contributed by atoms with van der Waals surface area (Å²) in [7, 11) is 1.71. The van der Waals surface area contributed by atoms with Crippen molar-refractivity contribution >= 4 is 10.9 Å². The van der Waals surface area contributed by atoms with Crippen LogP contribution in [-0.4, -0.2) is 25.2 Å². The van der Waals surface area contributed by atoms with Crippen molar-refractivity contribution in [3.05, 3.63) is 30.0 Å². The molecule has 1 aromatic carbocycles. The predicted octanol–water partition coefficient (Wildman–Crippen LogP) is 2.72. The van der Waals surface area contributed by atoms with Gasteiger partial charge in [0.2, 0.25) is 0 Å². The van der Waals surface area contributed by atoms with E-state index in [4.69, 9.17) is 4.74 Å². The molecule has 0 saturated heterocycles. The topological polar surface area (TPSA) is 37.0 Å². The Morgan fingerprint density at radius 2 is 2.24 bits per heavy atom. The summed E-state index contributed by atoms with van der Waals surface area (Å²) in [4.78, 5) is 3.30. The fourth-order valence-electron chi connectivity index (χ4n) is 2.07. The maximum absolute atomic E-state index is 5.26. The van der Waals surface area contributed by atoms with Gasteiger partial charge in [0.25, 0.3) is 0 Å². The van der Waals surface area contributed by atoms with Crippen LogP contribution in [0.25, 0.3) is 10.9 Å². The van der Waals surface area contributed by atoms with Gasteiger partial charge >= 0.3 is 0 Å². The van der Waals surface area contributed by atoms with Crippen LogP contribution >= 0.6 is 0 Å². The molecule has 3 nitrogen and oxygen atoms in total. The van der Waals surface area contributed by atoms with Crippen LogP contribution in [0.1, 0.15) is 18.9 Å². The minimum Gasteiger partial charge on any atom is -0.497 e. The van der Waals surface area contributed by atoms with Crippen molar-refractivity contribution in [3.63, 3.8) is 0 Å². The number of aryl methyl sites for hydroxylation is 1. The van der Waals surface area contributed by atoms with Crippen molar-refractivity contribution in [1.82, 2.24) is 10.3 Å². The zero-order valence-electron chi connectivity index (χ0n) is 10.5. The largest absolute Gasteiger partial charge is 0.497 e. The number of aromatic amines is 1. The van der Waals surface area contributed by atoms with Gasteiger partial charge in [-0.3, -0.25) is 0 Å². The third-order valence-electron chi connectivity index (χ3n) is 3.02. The zero-order valence-corrected chi connectivity index (χ0v) is 10.5. The van der Waals surface area contributed by atoms with Crippen molar-refractivity contribution < 1.29 is 4.74 Å². The van der Waals surface area contributed by atoms with Crippen LogP contribution < -0.4 is 10.1 Å². The number of methoxy groups -OCH3 is 1. The molecule has 1 aromatic heterocycles. The van der Waals surface area contributed by atoms with Gasteiger partial charge in [0.1, 0.15) is 5.75 Å². The Kier molecular flexibility index (Phi) is 4.04. The molecule has 2 rings (SSSR count). The number of nitrogens with one attached hydrogen (secondary N) is 2. The Bertz CT molecular complexity index is 476. The van der Waals surface area contributed by atoms with Gasteiger partial charge in [-0.05, 0) is 49.7 Å². The number of rotatable bonds is 6. The lowest BCUT2D eigenvalue weighted by Crippen LogP contribution is -2.14. The highest BCUT2D eigenvalue weighted by molar-refractivity contribution is 5.84. The van der Waals surface area contributed by atoms with Crippen molar-refractivity contribution in [2.75, 3.05) is 20.2 Å². The van der Waals surface area contributed by atoms with Crippen molar-refractivity contribution in [1.29, 1.82) is 0 Å². The van der Waals surface area contributed by atoms with Crippen LogP contribution in [0.4, 0.5) is 0 Å². The average molecular weight is 232 g/mol. The summed E-state index contributed by atoms with van der Waals surface area (Å²) in [6.07, 6.45) is 4.37. The first-order chi connectivity index (χ1) is 8.35. The van der Waals surface area contributed by atoms with Gasteiger partial charge in [-0.1, -0.05) is 6.92 Å². The molecule has 0 spiro atoms. The molecule has 2 aromatic rings. The molecule has 0 aliphatic heterocycles. The summed E-state index contributed by atoms with van der Waals surface area (Å²) in [5, 5.41) is 4.62. The van der Waals surface area contributed by atoms with Crippen LogP contribution in [-0.2, 0) is 6.42 Å². The molecule has 0 aliphatic rings. The molecule has 2 N–H and O–H groups in total. The first kappa shape index (κ1) is 12.0. The highest BCUT2D eigenvalue weighted by Gasteiger charge is 2.04. The van der Waals surface area contributed by atoms with Crippen molar-refractivity contribution in [2.24, 2.45) is 0 Å². The van der Waals surface area contributed by atoms with Gasteiger partial charge in [0, 0.05) is 17.1 Å². The number of hydrogen-bond donors (Lipinski definition) is 2. The first-order valence-corrected chi connectivity index (χ1v) is 6.20. The molecule has 0 amide bonds. The highest BCUT2D eigenvalue weighted by atomic mass is 16.5. The summed E-state index contributed by atoms with van der Waals surface area (Å²) in [6, 6.07) is 6.16. The fourth-order valence-corrected chi connectivity index (χ4v) is 2.07. The number of aromatic nitrogens is 1. The maximum Gasteiger partial charge on any atom is 0.119 e. The molecule has 0 bridgehead atoms. The average Bonchev–Trinajstić information content (AvgIpc) is 2.77. The Balaban J connectivity index is 2.11. The molecule has 0 saturated carbocycles. The summed E-state index contributed by atoms with van der Waals surface area (Å²) >= 11 is 0. The maximum atomic E-state index is 5.26. The molecule has 1 heterocycles. The van der Waals surface area contributed by atoms with Crippen LogP contribution in [0, 0.1) is 0 Å². The quantitative estimate of drug-likeness (QED) is 0.751. The van der Waals surface area contributed by atoms with Gasteiger partial charge in [0.05, 0.1) is 7.11 Å². The van der Waals surface area contributed by atoms with Gasteiger partial charge in [0.15, 0.2) is 0 Å². The summed E-state index contributed by atoms with van der Waals surface area (Å²) in [5.41, 5.74) is 2.56. The zero-order chi connectivity index (χ0) is 12.1. The third-order valence-corrected chi connectivity index (χ3v) is 3.02. The Morgan fingerprint density at radius 1 is 1.35 bits per heavy atom. The molecule has 3 heteroatoms. The van der Waals surface area contributed by atoms with E-state index >= 15 is 0 Å². The molecular formula is C14H20N2O. The summed E-state index contributed by atoms with van der Waals surface area (Å²) in [5.74, 6) is 0.921. The molecule has 17 heavy (non-hydrogen) atoms. The molecule has 0 fully saturated rings. The number of benzene rings is 1. The van der Waals surface area contributed by atoms with Crippen molar-refractivity contribution in [2.45, 2.75) is 19.8 Å². The van der Waals surface area contributed by atoms with Crippen LogP contribution in [0.15, 0.2) is 24.4 Å². The van der Waals surface area contributed by atoms with E-state index in [9.17, 15) is 0 Å². The lowest BCUT2D eigenvalue weighted by atomic mass is 10.1. The van der Waals surface area contributed by atoms with Crippen LogP contribution in [0.5, 0.6) is 5.75 Å². The Labute approximate surface area is 102 Å². The second kappa shape index (κ2) is 5.73. The van der Waals surface area contributed by atoms with E-state index in [0.717, 1.165) is 31.7 Å². The number of ether oxygens (including phenoxy) is 1. The van der Waals surface area contributed by atoms with Crippen LogP contribution in [0.2, 0.25) is 0 Å². The molecule has 0 unspecified atom stereocenters. The monoisotopic (exact) mass is 232 g/mol. The second-order valence-corrected chi connectivity index (χ2v) is 4.18. The van der Waals surface area contributed by atoms with E-state index < -0.39 is 0 Å². The number of H-pyrrole nitrogens is 1. The normalized spacial score (nSPS) is 10.9. The smallest absolute Gasteiger partial charge is 0.119 e.